The summed E-state index contributed by atoms with van der Waals surface area (Å²) in [5.74, 6) is 1.11. The zero-order valence-electron chi connectivity index (χ0n) is 11.7. The lowest BCUT2D eigenvalue weighted by molar-refractivity contribution is -0.141. The highest BCUT2D eigenvalue weighted by Crippen LogP contribution is 2.30. The maximum atomic E-state index is 12.7. The van der Waals surface area contributed by atoms with Gasteiger partial charge in [0, 0.05) is 37.4 Å². The molecule has 0 atom stereocenters. The number of nitrogens with one attached hydrogen (secondary N) is 1. The van der Waals surface area contributed by atoms with Crippen LogP contribution in [-0.2, 0) is 19.3 Å². The van der Waals surface area contributed by atoms with E-state index >= 15 is 0 Å². The van der Waals surface area contributed by atoms with Crippen molar-refractivity contribution in [2.45, 2.75) is 26.2 Å². The summed E-state index contributed by atoms with van der Waals surface area (Å²) in [6.07, 6.45) is 1.81. The third kappa shape index (κ3) is 2.61. The van der Waals surface area contributed by atoms with E-state index in [0.29, 0.717) is 12.4 Å². The Morgan fingerprint density at radius 2 is 1.95 bits per heavy atom. The molecule has 0 unspecified atom stereocenters. The van der Waals surface area contributed by atoms with Gasteiger partial charge < -0.3 is 9.88 Å². The van der Waals surface area contributed by atoms with Crippen LogP contribution in [0.4, 0.5) is 19.0 Å². The molecule has 0 bridgehead atoms. The first-order valence-electron chi connectivity index (χ1n) is 6.64. The predicted octanol–water partition coefficient (Wildman–Crippen LogP) is 2.58. The lowest BCUT2D eigenvalue weighted by atomic mass is 10.3. The fourth-order valence-corrected chi connectivity index (χ4v) is 2.15. The van der Waals surface area contributed by atoms with Crippen molar-refractivity contribution in [2.24, 2.45) is 0 Å². The fraction of sp³-hybridized carbons (Fsp3) is 0.308. The van der Waals surface area contributed by atoms with Crippen LogP contribution in [-0.4, -0.2) is 24.1 Å². The van der Waals surface area contributed by atoms with Gasteiger partial charge >= 0.3 is 6.18 Å². The Morgan fingerprint density at radius 3 is 2.68 bits per heavy atom. The standard InChI is InChI=1S/C13H13F3N6/c1-2-21-5-3-17-11(21)8-19-12-9-7-10(13(14,15)16)20-22(9)6-4-18-12/h3-7H,2,8H2,1H3,(H,18,19). The molecule has 0 spiro atoms. The van der Waals surface area contributed by atoms with Gasteiger partial charge in [0.2, 0.25) is 0 Å². The second-order valence-electron chi connectivity index (χ2n) is 4.62. The van der Waals surface area contributed by atoms with Crippen molar-refractivity contribution < 1.29 is 13.2 Å². The summed E-state index contributed by atoms with van der Waals surface area (Å²) >= 11 is 0. The number of hydrogen-bond donors (Lipinski definition) is 1. The molecular weight excluding hydrogens is 297 g/mol. The van der Waals surface area contributed by atoms with Gasteiger partial charge in [0.25, 0.3) is 0 Å². The lowest BCUT2D eigenvalue weighted by Gasteiger charge is -2.08. The van der Waals surface area contributed by atoms with Crippen LogP contribution in [0, 0.1) is 0 Å². The first kappa shape index (κ1) is 14.4. The molecule has 0 radical (unpaired) electrons. The van der Waals surface area contributed by atoms with Crippen molar-refractivity contribution in [1.82, 2.24) is 24.1 Å². The van der Waals surface area contributed by atoms with Gasteiger partial charge in [-0.25, -0.2) is 14.5 Å². The fourth-order valence-electron chi connectivity index (χ4n) is 2.15. The van der Waals surface area contributed by atoms with Crippen molar-refractivity contribution in [3.63, 3.8) is 0 Å². The van der Waals surface area contributed by atoms with Crippen molar-refractivity contribution in [2.75, 3.05) is 5.32 Å². The molecule has 0 amide bonds. The third-order valence-electron chi connectivity index (χ3n) is 3.24. The zero-order valence-corrected chi connectivity index (χ0v) is 11.7. The van der Waals surface area contributed by atoms with Crippen molar-refractivity contribution in [3.8, 4) is 0 Å². The molecule has 3 heterocycles. The van der Waals surface area contributed by atoms with E-state index in [1.165, 1.54) is 12.4 Å². The second-order valence-corrected chi connectivity index (χ2v) is 4.62. The van der Waals surface area contributed by atoms with E-state index in [1.54, 1.807) is 6.20 Å². The Hall–Kier alpha value is -2.58. The Kier molecular flexibility index (Phi) is 3.47. The van der Waals surface area contributed by atoms with Crippen LogP contribution in [0.3, 0.4) is 0 Å². The molecule has 3 aromatic heterocycles. The first-order chi connectivity index (χ1) is 10.5. The number of aryl methyl sites for hydroxylation is 1. The number of anilines is 1. The monoisotopic (exact) mass is 310 g/mol. The predicted molar refractivity (Wildman–Crippen MR) is 73.2 cm³/mol. The number of alkyl halides is 3. The minimum absolute atomic E-state index is 0.268. The van der Waals surface area contributed by atoms with Crippen LogP contribution in [0.5, 0.6) is 0 Å². The van der Waals surface area contributed by atoms with Crippen molar-refractivity contribution in [3.05, 3.63) is 42.4 Å². The van der Waals surface area contributed by atoms with E-state index < -0.39 is 11.9 Å². The number of rotatable bonds is 4. The topological polar surface area (TPSA) is 60.0 Å². The van der Waals surface area contributed by atoms with E-state index in [-0.39, 0.29) is 5.52 Å². The van der Waals surface area contributed by atoms with Gasteiger partial charge in [-0.05, 0) is 6.92 Å². The molecule has 3 aromatic rings. The first-order valence-corrected chi connectivity index (χ1v) is 6.64. The van der Waals surface area contributed by atoms with Gasteiger partial charge in [-0.3, -0.25) is 0 Å². The minimum Gasteiger partial charge on any atom is -0.361 e. The maximum Gasteiger partial charge on any atom is 0.435 e. The minimum atomic E-state index is -4.48. The number of halogens is 3. The summed E-state index contributed by atoms with van der Waals surface area (Å²) in [5, 5.41) is 6.52. The Labute approximate surface area is 123 Å². The van der Waals surface area contributed by atoms with Crippen LogP contribution in [0.1, 0.15) is 18.4 Å². The molecular formula is C13H13F3N6. The summed E-state index contributed by atoms with van der Waals surface area (Å²) in [5.41, 5.74) is -0.678. The summed E-state index contributed by atoms with van der Waals surface area (Å²) in [6.45, 7) is 3.11. The van der Waals surface area contributed by atoms with Gasteiger partial charge in [0.1, 0.15) is 11.3 Å². The molecule has 9 heteroatoms. The molecule has 0 saturated carbocycles. The molecule has 1 N–H and O–H groups in total. The van der Waals surface area contributed by atoms with Gasteiger partial charge in [0.05, 0.1) is 6.54 Å². The average molecular weight is 310 g/mol. The summed E-state index contributed by atoms with van der Waals surface area (Å²) in [7, 11) is 0. The van der Waals surface area contributed by atoms with E-state index in [9.17, 15) is 13.2 Å². The molecule has 0 saturated heterocycles. The van der Waals surface area contributed by atoms with Gasteiger partial charge in [-0.1, -0.05) is 0 Å². The zero-order chi connectivity index (χ0) is 15.7. The molecule has 6 nitrogen and oxygen atoms in total. The van der Waals surface area contributed by atoms with Gasteiger partial charge in [-0.2, -0.15) is 18.3 Å². The van der Waals surface area contributed by atoms with Gasteiger partial charge in [0.15, 0.2) is 11.5 Å². The maximum absolute atomic E-state index is 12.7. The van der Waals surface area contributed by atoms with E-state index in [0.717, 1.165) is 23.0 Å². The summed E-state index contributed by atoms with van der Waals surface area (Å²) in [6, 6.07) is 0.974. The average Bonchev–Trinajstić information content (AvgIpc) is 3.10. The van der Waals surface area contributed by atoms with E-state index in [2.05, 4.69) is 20.4 Å². The van der Waals surface area contributed by atoms with Crippen LogP contribution >= 0.6 is 0 Å². The van der Waals surface area contributed by atoms with Crippen LogP contribution < -0.4 is 5.32 Å². The number of aromatic nitrogens is 5. The normalized spacial score (nSPS) is 12.0. The number of imidazole rings is 1. The Morgan fingerprint density at radius 1 is 1.18 bits per heavy atom. The summed E-state index contributed by atoms with van der Waals surface area (Å²) < 4.78 is 41.3. The highest BCUT2D eigenvalue weighted by atomic mass is 19.4. The molecule has 3 rings (SSSR count). The third-order valence-corrected chi connectivity index (χ3v) is 3.24. The molecule has 0 aliphatic rings. The van der Waals surface area contributed by atoms with Crippen LogP contribution in [0.2, 0.25) is 0 Å². The smallest absolute Gasteiger partial charge is 0.361 e. The van der Waals surface area contributed by atoms with Gasteiger partial charge in [-0.15, -0.1) is 0 Å². The quantitative estimate of drug-likeness (QED) is 0.804. The van der Waals surface area contributed by atoms with E-state index in [4.69, 9.17) is 0 Å². The largest absolute Gasteiger partial charge is 0.435 e. The second kappa shape index (κ2) is 5.32. The van der Waals surface area contributed by atoms with E-state index in [1.807, 2.05) is 17.7 Å². The van der Waals surface area contributed by atoms with Crippen molar-refractivity contribution in [1.29, 1.82) is 0 Å². The lowest BCUT2D eigenvalue weighted by Crippen LogP contribution is -2.09. The number of fused-ring (bicyclic) bond motifs is 1. The Balaban J connectivity index is 1.89. The molecule has 0 aliphatic carbocycles. The number of hydrogen-bond acceptors (Lipinski definition) is 4. The molecule has 0 fully saturated rings. The Bertz CT molecular complexity index is 789. The molecule has 116 valence electrons. The van der Waals surface area contributed by atoms with Crippen LogP contribution in [0.15, 0.2) is 30.9 Å². The highest BCUT2D eigenvalue weighted by molar-refractivity contribution is 5.67. The molecule has 22 heavy (non-hydrogen) atoms. The number of nitrogens with zero attached hydrogens (tertiary/aromatic N) is 5. The molecule has 0 aliphatic heterocycles. The molecule has 0 aromatic carbocycles. The summed E-state index contributed by atoms with van der Waals surface area (Å²) in [4.78, 5) is 8.28. The van der Waals surface area contributed by atoms with Crippen LogP contribution in [0.25, 0.3) is 5.52 Å². The van der Waals surface area contributed by atoms with Crippen molar-refractivity contribution >= 4 is 11.3 Å². The highest BCUT2D eigenvalue weighted by Gasteiger charge is 2.34. The SMILES string of the molecule is CCn1ccnc1CNc1nccn2nc(C(F)(F)F)cc12.